The Bertz CT molecular complexity index is 1180. The maximum Gasteiger partial charge on any atom is 0.335 e. The number of nitrogens with zero attached hydrogens (tertiary/aromatic N) is 1. The van der Waals surface area contributed by atoms with Crippen LogP contribution in [0, 0.1) is 26.2 Å². The average Bonchev–Trinajstić information content (AvgIpc) is 2.73. The fourth-order valence-electron chi connectivity index (χ4n) is 3.11. The van der Waals surface area contributed by atoms with Crippen molar-refractivity contribution in [2.45, 2.75) is 20.8 Å². The molecule has 32 heavy (non-hydrogen) atoms. The Balaban J connectivity index is 2.03. The molecule has 4 amide bonds. The van der Waals surface area contributed by atoms with Gasteiger partial charge in [-0.15, -0.1) is 6.42 Å². The number of hydrogen-bond acceptors (Lipinski definition) is 5. The number of ether oxygens (including phenoxy) is 2. The molecule has 0 aromatic heterocycles. The number of benzene rings is 2. The van der Waals surface area contributed by atoms with Crippen LogP contribution >= 0.6 is 11.6 Å². The highest BCUT2D eigenvalue weighted by Gasteiger charge is 2.37. The number of imide groups is 2. The largest absolute Gasteiger partial charge is 0.490 e. The summed E-state index contributed by atoms with van der Waals surface area (Å²) in [6, 6.07) is 7.43. The molecule has 1 fully saturated rings. The standard InChI is InChI=1S/C24H21ClN2O5/c1-5-9-32-21-19(25)12-16(13-20(21)31-6-2)11-18-22(28)26-24(30)27(23(18)29)17-8-7-14(3)15(4)10-17/h1,7-8,10-13H,6,9H2,2-4H3,(H,26,28,30)/b18-11+. The van der Waals surface area contributed by atoms with Crippen LogP contribution in [0.3, 0.4) is 0 Å². The van der Waals surface area contributed by atoms with Gasteiger partial charge in [0.15, 0.2) is 11.5 Å². The first kappa shape index (κ1) is 22.9. The second-order valence-electron chi connectivity index (χ2n) is 6.98. The van der Waals surface area contributed by atoms with Crippen molar-refractivity contribution in [2.75, 3.05) is 18.1 Å². The highest BCUT2D eigenvalue weighted by atomic mass is 35.5. The zero-order valence-electron chi connectivity index (χ0n) is 17.8. The SMILES string of the molecule is C#CCOc1c(Cl)cc(/C=C2\C(=O)NC(=O)N(c3ccc(C)c(C)c3)C2=O)cc1OCC. The molecule has 0 atom stereocenters. The topological polar surface area (TPSA) is 84.9 Å². The molecular weight excluding hydrogens is 432 g/mol. The molecule has 1 heterocycles. The lowest BCUT2D eigenvalue weighted by molar-refractivity contribution is -0.122. The highest BCUT2D eigenvalue weighted by Crippen LogP contribution is 2.37. The van der Waals surface area contributed by atoms with Crippen molar-refractivity contribution in [3.05, 3.63) is 57.6 Å². The number of terminal acetylenes is 1. The Morgan fingerprint density at radius 1 is 1.12 bits per heavy atom. The second-order valence-corrected chi connectivity index (χ2v) is 7.39. The molecule has 1 aliphatic rings. The number of amides is 4. The number of halogens is 1. The third-order valence-corrected chi connectivity index (χ3v) is 5.07. The van der Waals surface area contributed by atoms with Crippen molar-refractivity contribution in [1.29, 1.82) is 0 Å². The minimum absolute atomic E-state index is 0.00579. The fourth-order valence-corrected chi connectivity index (χ4v) is 3.39. The molecule has 0 saturated carbocycles. The lowest BCUT2D eigenvalue weighted by atomic mass is 10.0. The smallest absolute Gasteiger partial charge is 0.335 e. The van der Waals surface area contributed by atoms with E-state index in [4.69, 9.17) is 27.5 Å². The van der Waals surface area contributed by atoms with Gasteiger partial charge in [0, 0.05) is 0 Å². The quantitative estimate of drug-likeness (QED) is 0.406. The van der Waals surface area contributed by atoms with Crippen molar-refractivity contribution in [3.8, 4) is 23.8 Å². The van der Waals surface area contributed by atoms with Gasteiger partial charge in [-0.25, -0.2) is 9.69 Å². The maximum atomic E-state index is 13.1. The van der Waals surface area contributed by atoms with Gasteiger partial charge < -0.3 is 9.47 Å². The van der Waals surface area contributed by atoms with E-state index < -0.39 is 17.8 Å². The van der Waals surface area contributed by atoms with Crippen molar-refractivity contribution >= 4 is 41.2 Å². The predicted octanol–water partition coefficient (Wildman–Crippen LogP) is 4.03. The van der Waals surface area contributed by atoms with Crippen molar-refractivity contribution in [2.24, 2.45) is 0 Å². The van der Waals surface area contributed by atoms with Crippen LogP contribution in [-0.4, -0.2) is 31.1 Å². The molecule has 0 aliphatic carbocycles. The molecule has 7 nitrogen and oxygen atoms in total. The van der Waals surface area contributed by atoms with E-state index >= 15 is 0 Å². The van der Waals surface area contributed by atoms with Crippen LogP contribution in [0.4, 0.5) is 10.5 Å². The number of anilines is 1. The molecule has 2 aromatic carbocycles. The zero-order chi connectivity index (χ0) is 23.4. The fraction of sp³-hybridized carbons (Fsp3) is 0.208. The first-order valence-corrected chi connectivity index (χ1v) is 10.2. The summed E-state index contributed by atoms with van der Waals surface area (Å²) in [5.41, 5.74) is 2.47. The third kappa shape index (κ3) is 4.61. The number of carbonyl (C=O) groups excluding carboxylic acids is 3. The van der Waals surface area contributed by atoms with E-state index in [9.17, 15) is 14.4 Å². The first-order valence-electron chi connectivity index (χ1n) is 9.78. The molecule has 164 valence electrons. The summed E-state index contributed by atoms with van der Waals surface area (Å²) in [6.07, 6.45) is 6.59. The van der Waals surface area contributed by atoms with E-state index in [1.807, 2.05) is 13.8 Å². The average molecular weight is 453 g/mol. The molecular formula is C24H21ClN2O5. The molecule has 0 spiro atoms. The van der Waals surface area contributed by atoms with Crippen LogP contribution in [0.15, 0.2) is 35.9 Å². The number of nitrogens with one attached hydrogen (secondary N) is 1. The number of aryl methyl sites for hydroxylation is 2. The van der Waals surface area contributed by atoms with E-state index in [0.29, 0.717) is 23.6 Å². The van der Waals surface area contributed by atoms with E-state index in [0.717, 1.165) is 16.0 Å². The molecule has 1 saturated heterocycles. The van der Waals surface area contributed by atoms with Gasteiger partial charge in [0.1, 0.15) is 12.2 Å². The van der Waals surface area contributed by atoms with E-state index in [1.165, 1.54) is 12.1 Å². The summed E-state index contributed by atoms with van der Waals surface area (Å²) < 4.78 is 11.0. The second kappa shape index (κ2) is 9.58. The number of carbonyl (C=O) groups is 3. The van der Waals surface area contributed by atoms with E-state index in [1.54, 1.807) is 31.2 Å². The number of barbiturate groups is 1. The Kier molecular flexibility index (Phi) is 6.86. The number of rotatable bonds is 6. The summed E-state index contributed by atoms with van der Waals surface area (Å²) in [4.78, 5) is 38.9. The monoisotopic (exact) mass is 452 g/mol. The van der Waals surface area contributed by atoms with Gasteiger partial charge in [0.2, 0.25) is 0 Å². The summed E-state index contributed by atoms with van der Waals surface area (Å²) in [5, 5.41) is 2.40. The van der Waals surface area contributed by atoms with Crippen LogP contribution in [0.1, 0.15) is 23.6 Å². The molecule has 1 aliphatic heterocycles. The zero-order valence-corrected chi connectivity index (χ0v) is 18.6. The molecule has 2 aromatic rings. The third-order valence-electron chi connectivity index (χ3n) is 4.79. The molecule has 1 N–H and O–H groups in total. The van der Waals surface area contributed by atoms with Gasteiger partial charge in [0.25, 0.3) is 11.8 Å². The lowest BCUT2D eigenvalue weighted by Crippen LogP contribution is -2.54. The van der Waals surface area contributed by atoms with Crippen LogP contribution in [-0.2, 0) is 9.59 Å². The normalized spacial score (nSPS) is 14.9. The van der Waals surface area contributed by atoms with Crippen molar-refractivity contribution in [3.63, 3.8) is 0 Å². The Morgan fingerprint density at radius 2 is 1.88 bits per heavy atom. The number of hydrogen-bond donors (Lipinski definition) is 1. The van der Waals surface area contributed by atoms with Gasteiger partial charge >= 0.3 is 6.03 Å². The Labute approximate surface area is 190 Å². The molecule has 3 rings (SSSR count). The van der Waals surface area contributed by atoms with Crippen molar-refractivity contribution in [1.82, 2.24) is 5.32 Å². The van der Waals surface area contributed by atoms with Crippen LogP contribution in [0.25, 0.3) is 6.08 Å². The first-order chi connectivity index (χ1) is 15.3. The van der Waals surface area contributed by atoms with Crippen LogP contribution in [0.2, 0.25) is 5.02 Å². The predicted molar refractivity (Wildman–Crippen MR) is 122 cm³/mol. The molecule has 8 heteroatoms. The summed E-state index contributed by atoms with van der Waals surface area (Å²) in [6.45, 7) is 5.90. The summed E-state index contributed by atoms with van der Waals surface area (Å²) in [7, 11) is 0. The van der Waals surface area contributed by atoms with E-state index in [-0.39, 0.29) is 23.0 Å². The molecule has 0 unspecified atom stereocenters. The number of urea groups is 1. The van der Waals surface area contributed by atoms with Gasteiger partial charge in [-0.3, -0.25) is 14.9 Å². The summed E-state index contributed by atoms with van der Waals surface area (Å²) >= 11 is 6.32. The minimum atomic E-state index is -0.813. The lowest BCUT2D eigenvalue weighted by Gasteiger charge is -2.27. The summed E-state index contributed by atoms with van der Waals surface area (Å²) in [5.74, 6) is 1.38. The maximum absolute atomic E-state index is 13.1. The van der Waals surface area contributed by atoms with Gasteiger partial charge in [0.05, 0.1) is 17.3 Å². The highest BCUT2D eigenvalue weighted by molar-refractivity contribution is 6.39. The Morgan fingerprint density at radius 3 is 2.53 bits per heavy atom. The van der Waals surface area contributed by atoms with Crippen LogP contribution in [0.5, 0.6) is 11.5 Å². The Hall–Kier alpha value is -3.76. The van der Waals surface area contributed by atoms with Gasteiger partial charge in [-0.2, -0.15) is 0 Å². The molecule has 0 radical (unpaired) electrons. The van der Waals surface area contributed by atoms with Gasteiger partial charge in [-0.1, -0.05) is 23.6 Å². The van der Waals surface area contributed by atoms with E-state index in [2.05, 4.69) is 11.2 Å². The van der Waals surface area contributed by atoms with Crippen molar-refractivity contribution < 1.29 is 23.9 Å². The minimum Gasteiger partial charge on any atom is -0.490 e. The van der Waals surface area contributed by atoms with Crippen LogP contribution < -0.4 is 19.7 Å². The van der Waals surface area contributed by atoms with Gasteiger partial charge in [-0.05, 0) is 67.8 Å². The molecule has 0 bridgehead atoms.